The fourth-order valence-corrected chi connectivity index (χ4v) is 5.54. The van der Waals surface area contributed by atoms with E-state index < -0.39 is 10.0 Å². The molecule has 2 aliphatic rings. The molecule has 0 aromatic heterocycles. The van der Waals surface area contributed by atoms with Gasteiger partial charge in [0.15, 0.2) is 0 Å². The summed E-state index contributed by atoms with van der Waals surface area (Å²) < 4.78 is 26.9. The zero-order valence-electron chi connectivity index (χ0n) is 15.9. The summed E-state index contributed by atoms with van der Waals surface area (Å²) in [6.07, 6.45) is 8.44. The summed E-state index contributed by atoms with van der Waals surface area (Å²) in [5.74, 6) is 0.460. The van der Waals surface area contributed by atoms with E-state index in [1.54, 1.807) is 28.6 Å². The number of hydrogen-bond acceptors (Lipinski definition) is 3. The standard InChI is InChI=1S/C20H31N3O3S/c24-20(22-18-7-3-1-4-8-18)21-14-11-17-12-15-23(16-13-17)27(25,26)19-9-5-2-6-10-19/h2,5-6,9-10,17-18H,1,3-4,7-8,11-16H2,(H2,21,22,24). The summed E-state index contributed by atoms with van der Waals surface area (Å²) in [6, 6.07) is 8.89. The number of piperidine rings is 1. The van der Waals surface area contributed by atoms with E-state index in [1.165, 1.54) is 19.3 Å². The molecule has 2 amide bonds. The average Bonchev–Trinajstić information content (AvgIpc) is 2.70. The number of nitrogens with zero attached hydrogens (tertiary/aromatic N) is 1. The van der Waals surface area contributed by atoms with Crippen LogP contribution in [0.4, 0.5) is 4.79 Å². The summed E-state index contributed by atoms with van der Waals surface area (Å²) in [5, 5.41) is 6.03. The number of rotatable bonds is 6. The third-order valence-corrected chi connectivity index (χ3v) is 7.65. The highest BCUT2D eigenvalue weighted by molar-refractivity contribution is 7.89. The molecule has 0 bridgehead atoms. The van der Waals surface area contributed by atoms with Crippen molar-refractivity contribution in [2.75, 3.05) is 19.6 Å². The maximum atomic E-state index is 12.6. The first-order valence-electron chi connectivity index (χ1n) is 10.2. The minimum Gasteiger partial charge on any atom is -0.338 e. The SMILES string of the molecule is O=C(NCCC1CCN(S(=O)(=O)c2ccccc2)CC1)NC1CCCCC1. The molecule has 2 N–H and O–H groups in total. The first-order chi connectivity index (χ1) is 13.1. The van der Waals surface area contributed by atoms with Crippen LogP contribution in [0.3, 0.4) is 0 Å². The maximum Gasteiger partial charge on any atom is 0.315 e. The Morgan fingerprint density at radius 1 is 1.00 bits per heavy atom. The van der Waals surface area contributed by atoms with Gasteiger partial charge in [-0.25, -0.2) is 13.2 Å². The minimum atomic E-state index is -3.38. The van der Waals surface area contributed by atoms with Gasteiger partial charge in [0.1, 0.15) is 0 Å². The van der Waals surface area contributed by atoms with E-state index in [2.05, 4.69) is 10.6 Å². The molecular weight excluding hydrogens is 362 g/mol. The Morgan fingerprint density at radius 2 is 1.67 bits per heavy atom. The van der Waals surface area contributed by atoms with E-state index in [4.69, 9.17) is 0 Å². The van der Waals surface area contributed by atoms with Crippen LogP contribution in [0.5, 0.6) is 0 Å². The third-order valence-electron chi connectivity index (χ3n) is 5.73. The van der Waals surface area contributed by atoms with Gasteiger partial charge in [-0.15, -0.1) is 0 Å². The van der Waals surface area contributed by atoms with Gasteiger partial charge in [0.2, 0.25) is 10.0 Å². The average molecular weight is 394 g/mol. The van der Waals surface area contributed by atoms with Crippen LogP contribution in [0.1, 0.15) is 51.4 Å². The van der Waals surface area contributed by atoms with Crippen LogP contribution in [-0.2, 0) is 10.0 Å². The van der Waals surface area contributed by atoms with Crippen molar-refractivity contribution < 1.29 is 13.2 Å². The largest absolute Gasteiger partial charge is 0.338 e. The van der Waals surface area contributed by atoms with Crippen molar-refractivity contribution in [3.05, 3.63) is 30.3 Å². The van der Waals surface area contributed by atoms with Gasteiger partial charge in [-0.1, -0.05) is 37.5 Å². The lowest BCUT2D eigenvalue weighted by Crippen LogP contribution is -2.44. The number of nitrogens with one attached hydrogen (secondary N) is 2. The van der Waals surface area contributed by atoms with E-state index in [0.29, 0.717) is 36.5 Å². The molecule has 0 spiro atoms. The van der Waals surface area contributed by atoms with Crippen LogP contribution in [-0.4, -0.2) is 44.4 Å². The van der Waals surface area contributed by atoms with E-state index in [0.717, 1.165) is 32.1 Å². The number of carbonyl (C=O) groups excluding carboxylic acids is 1. The third kappa shape index (κ3) is 5.69. The molecule has 3 rings (SSSR count). The van der Waals surface area contributed by atoms with Crippen molar-refractivity contribution >= 4 is 16.1 Å². The van der Waals surface area contributed by atoms with Crippen molar-refractivity contribution in [1.29, 1.82) is 0 Å². The number of amides is 2. The van der Waals surface area contributed by atoms with Gasteiger partial charge in [0, 0.05) is 25.7 Å². The van der Waals surface area contributed by atoms with Crippen molar-refractivity contribution in [3.63, 3.8) is 0 Å². The highest BCUT2D eigenvalue weighted by atomic mass is 32.2. The van der Waals surface area contributed by atoms with Gasteiger partial charge in [-0.3, -0.25) is 0 Å². The van der Waals surface area contributed by atoms with Gasteiger partial charge in [-0.2, -0.15) is 4.31 Å². The molecule has 1 aliphatic carbocycles. The lowest BCUT2D eigenvalue weighted by Gasteiger charge is -2.31. The normalized spacial score (nSPS) is 20.3. The predicted molar refractivity (Wildman–Crippen MR) is 106 cm³/mol. The molecular formula is C20H31N3O3S. The number of urea groups is 1. The molecule has 7 heteroatoms. The quantitative estimate of drug-likeness (QED) is 0.779. The smallest absolute Gasteiger partial charge is 0.315 e. The van der Waals surface area contributed by atoms with Crippen molar-refractivity contribution in [1.82, 2.24) is 14.9 Å². The van der Waals surface area contributed by atoms with Crippen LogP contribution in [0, 0.1) is 5.92 Å². The summed E-state index contributed by atoms with van der Waals surface area (Å²) in [6.45, 7) is 1.75. The lowest BCUT2D eigenvalue weighted by atomic mass is 9.94. The zero-order valence-corrected chi connectivity index (χ0v) is 16.7. The number of carbonyl (C=O) groups is 1. The number of hydrogen-bond donors (Lipinski definition) is 2. The van der Waals surface area contributed by atoms with Gasteiger partial charge >= 0.3 is 6.03 Å². The predicted octanol–water partition coefficient (Wildman–Crippen LogP) is 3.11. The topological polar surface area (TPSA) is 78.5 Å². The van der Waals surface area contributed by atoms with Crippen LogP contribution in [0.25, 0.3) is 0 Å². The molecule has 0 atom stereocenters. The minimum absolute atomic E-state index is 0.0639. The van der Waals surface area contributed by atoms with Gasteiger partial charge < -0.3 is 10.6 Å². The Bertz CT molecular complexity index is 694. The monoisotopic (exact) mass is 393 g/mol. The molecule has 1 saturated heterocycles. The van der Waals surface area contributed by atoms with Crippen LogP contribution in [0.15, 0.2) is 35.2 Å². The summed E-state index contributed by atoms with van der Waals surface area (Å²) in [5.41, 5.74) is 0. The Morgan fingerprint density at radius 3 is 2.33 bits per heavy atom. The highest BCUT2D eigenvalue weighted by Gasteiger charge is 2.29. The Balaban J connectivity index is 1.36. The molecule has 1 aromatic carbocycles. The van der Waals surface area contributed by atoms with Crippen molar-refractivity contribution in [2.24, 2.45) is 5.92 Å². The second-order valence-corrected chi connectivity index (χ2v) is 9.62. The molecule has 1 saturated carbocycles. The van der Waals surface area contributed by atoms with Crippen LogP contribution < -0.4 is 10.6 Å². The van der Waals surface area contributed by atoms with E-state index in [-0.39, 0.29) is 6.03 Å². The molecule has 27 heavy (non-hydrogen) atoms. The fourth-order valence-electron chi connectivity index (χ4n) is 4.05. The summed E-state index contributed by atoms with van der Waals surface area (Å²) in [7, 11) is -3.38. The first-order valence-corrected chi connectivity index (χ1v) is 11.6. The lowest BCUT2D eigenvalue weighted by molar-refractivity contribution is 0.228. The van der Waals surface area contributed by atoms with Gasteiger partial charge in [-0.05, 0) is 50.2 Å². The van der Waals surface area contributed by atoms with Crippen molar-refractivity contribution in [2.45, 2.75) is 62.3 Å². The number of sulfonamides is 1. The van der Waals surface area contributed by atoms with Crippen molar-refractivity contribution in [3.8, 4) is 0 Å². The number of benzene rings is 1. The first kappa shape index (κ1) is 20.1. The van der Waals surface area contributed by atoms with E-state index >= 15 is 0 Å². The molecule has 2 fully saturated rings. The Kier molecular flexibility index (Phi) is 7.13. The molecule has 150 valence electrons. The summed E-state index contributed by atoms with van der Waals surface area (Å²) in [4.78, 5) is 12.3. The second kappa shape index (κ2) is 9.55. The molecule has 1 aliphatic heterocycles. The van der Waals surface area contributed by atoms with Crippen LogP contribution in [0.2, 0.25) is 0 Å². The zero-order chi connectivity index (χ0) is 19.1. The Hall–Kier alpha value is -1.60. The highest BCUT2D eigenvalue weighted by Crippen LogP contribution is 2.25. The summed E-state index contributed by atoms with van der Waals surface area (Å²) >= 11 is 0. The second-order valence-electron chi connectivity index (χ2n) is 7.68. The molecule has 0 unspecified atom stereocenters. The van der Waals surface area contributed by atoms with Gasteiger partial charge in [0.25, 0.3) is 0 Å². The fraction of sp³-hybridized carbons (Fsp3) is 0.650. The molecule has 0 radical (unpaired) electrons. The maximum absolute atomic E-state index is 12.6. The van der Waals surface area contributed by atoms with E-state index in [1.807, 2.05) is 6.07 Å². The van der Waals surface area contributed by atoms with Crippen LogP contribution >= 0.6 is 0 Å². The van der Waals surface area contributed by atoms with E-state index in [9.17, 15) is 13.2 Å². The molecule has 6 nitrogen and oxygen atoms in total. The Labute approximate surface area is 162 Å². The molecule has 1 heterocycles. The molecule has 1 aromatic rings. The van der Waals surface area contributed by atoms with Gasteiger partial charge in [0.05, 0.1) is 4.90 Å².